The van der Waals surface area contributed by atoms with Crippen molar-refractivity contribution in [2.45, 2.75) is 6.92 Å². The molecule has 0 amide bonds. The minimum Gasteiger partial charge on any atom is -0.342 e. The predicted molar refractivity (Wildman–Crippen MR) is 62.5 cm³/mol. The van der Waals surface area contributed by atoms with E-state index >= 15 is 0 Å². The predicted octanol–water partition coefficient (Wildman–Crippen LogP) is 1.62. The largest absolute Gasteiger partial charge is 0.342 e. The molecule has 0 saturated heterocycles. The van der Waals surface area contributed by atoms with Gasteiger partial charge in [0.2, 0.25) is 0 Å². The second kappa shape index (κ2) is 5.22. The van der Waals surface area contributed by atoms with Gasteiger partial charge in [-0.25, -0.2) is 4.98 Å². The highest BCUT2D eigenvalue weighted by molar-refractivity contribution is 5.84. The summed E-state index contributed by atoms with van der Waals surface area (Å²) >= 11 is 0. The Labute approximate surface area is 92.8 Å². The van der Waals surface area contributed by atoms with Gasteiger partial charge in [-0.1, -0.05) is 6.07 Å². The molecule has 1 aromatic heterocycles. The maximum Gasteiger partial charge on any atom is 0.297 e. The summed E-state index contributed by atoms with van der Waals surface area (Å²) in [6, 6.07) is 4.85. The number of hydrogen-bond donors (Lipinski definition) is 2. The van der Waals surface area contributed by atoms with Crippen molar-refractivity contribution in [2.75, 3.05) is 14.1 Å². The van der Waals surface area contributed by atoms with Crippen LogP contribution in [-0.4, -0.2) is 29.0 Å². The first-order valence-electron chi connectivity index (χ1n) is 4.78. The lowest BCUT2D eigenvalue weighted by Gasteiger charge is -1.90. The fourth-order valence-electron chi connectivity index (χ4n) is 1.29. The van der Waals surface area contributed by atoms with Crippen LogP contribution in [0.4, 0.5) is 5.69 Å². The summed E-state index contributed by atoms with van der Waals surface area (Å²) in [7, 11) is 3.75. The Kier molecular flexibility index (Phi) is 3.96. The normalized spacial score (nSPS) is 9.69. The number of aromatic amines is 1. The highest BCUT2D eigenvalue weighted by Crippen LogP contribution is 2.22. The van der Waals surface area contributed by atoms with Gasteiger partial charge in [0, 0.05) is 6.07 Å². The highest BCUT2D eigenvalue weighted by atomic mass is 16.6. The van der Waals surface area contributed by atoms with E-state index in [1.807, 2.05) is 14.1 Å². The number of nitro groups is 1. The van der Waals surface area contributed by atoms with Gasteiger partial charge in [0.1, 0.15) is 5.82 Å². The molecule has 86 valence electrons. The summed E-state index contributed by atoms with van der Waals surface area (Å²) < 4.78 is 0. The molecule has 2 rings (SSSR count). The number of nitro benzene ring substituents is 1. The molecule has 0 atom stereocenters. The van der Waals surface area contributed by atoms with Gasteiger partial charge < -0.3 is 10.3 Å². The molecule has 0 fully saturated rings. The van der Waals surface area contributed by atoms with Crippen LogP contribution in [0, 0.1) is 17.0 Å². The van der Waals surface area contributed by atoms with Gasteiger partial charge in [0.25, 0.3) is 5.69 Å². The van der Waals surface area contributed by atoms with Crippen molar-refractivity contribution in [1.82, 2.24) is 15.3 Å². The smallest absolute Gasteiger partial charge is 0.297 e. The molecule has 0 saturated carbocycles. The van der Waals surface area contributed by atoms with Crippen molar-refractivity contribution < 1.29 is 4.92 Å². The summed E-state index contributed by atoms with van der Waals surface area (Å²) in [5.41, 5.74) is 1.17. The number of imidazole rings is 1. The monoisotopic (exact) mass is 222 g/mol. The Bertz CT molecular complexity index is 493. The lowest BCUT2D eigenvalue weighted by atomic mass is 10.3. The van der Waals surface area contributed by atoms with E-state index in [1.165, 1.54) is 6.07 Å². The first-order chi connectivity index (χ1) is 7.60. The first-order valence-corrected chi connectivity index (χ1v) is 4.78. The Balaban J connectivity index is 0.000000386. The Morgan fingerprint density at radius 1 is 1.44 bits per heavy atom. The molecule has 0 spiro atoms. The number of nitrogens with zero attached hydrogens (tertiary/aromatic N) is 2. The summed E-state index contributed by atoms with van der Waals surface area (Å²) in [5, 5.41) is 13.3. The number of aromatic nitrogens is 2. The van der Waals surface area contributed by atoms with E-state index in [9.17, 15) is 10.1 Å². The highest BCUT2D eigenvalue weighted by Gasteiger charge is 2.13. The molecule has 2 aromatic rings. The lowest BCUT2D eigenvalue weighted by molar-refractivity contribution is -0.383. The Morgan fingerprint density at radius 2 is 2.06 bits per heavy atom. The molecule has 6 nitrogen and oxygen atoms in total. The zero-order valence-corrected chi connectivity index (χ0v) is 9.44. The molecule has 0 bridgehead atoms. The summed E-state index contributed by atoms with van der Waals surface area (Å²) in [6.45, 7) is 1.77. The number of aryl methyl sites for hydroxylation is 1. The number of para-hydroxylation sites is 1. The van der Waals surface area contributed by atoms with E-state index in [0.717, 1.165) is 0 Å². The number of fused-ring (bicyclic) bond motifs is 1. The number of H-pyrrole nitrogens is 1. The quantitative estimate of drug-likeness (QED) is 0.567. The second-order valence-electron chi connectivity index (χ2n) is 3.25. The van der Waals surface area contributed by atoms with Crippen LogP contribution in [0.25, 0.3) is 11.0 Å². The molecule has 2 N–H and O–H groups in total. The zero-order chi connectivity index (χ0) is 12.1. The number of rotatable bonds is 1. The van der Waals surface area contributed by atoms with E-state index in [-0.39, 0.29) is 5.69 Å². The first kappa shape index (κ1) is 12.1. The van der Waals surface area contributed by atoms with E-state index in [0.29, 0.717) is 16.9 Å². The van der Waals surface area contributed by atoms with Gasteiger partial charge in [-0.05, 0) is 27.1 Å². The van der Waals surface area contributed by atoms with Crippen molar-refractivity contribution in [2.24, 2.45) is 0 Å². The molecule has 0 aliphatic carbocycles. The minimum atomic E-state index is -0.428. The molecule has 0 aliphatic heterocycles. The van der Waals surface area contributed by atoms with Crippen molar-refractivity contribution in [3.8, 4) is 0 Å². The van der Waals surface area contributed by atoms with Crippen LogP contribution < -0.4 is 5.32 Å². The van der Waals surface area contributed by atoms with Gasteiger partial charge in [-0.3, -0.25) is 10.1 Å². The van der Waals surface area contributed by atoms with E-state index in [4.69, 9.17) is 0 Å². The van der Waals surface area contributed by atoms with E-state index < -0.39 is 4.92 Å². The Hall–Kier alpha value is -1.95. The molecule has 16 heavy (non-hydrogen) atoms. The van der Waals surface area contributed by atoms with Gasteiger partial charge in [0.05, 0.1) is 10.4 Å². The average Bonchev–Trinajstić information content (AvgIpc) is 2.58. The third-order valence-electron chi connectivity index (χ3n) is 1.81. The van der Waals surface area contributed by atoms with Crippen LogP contribution >= 0.6 is 0 Å². The van der Waals surface area contributed by atoms with Crippen LogP contribution in [0.15, 0.2) is 18.2 Å². The second-order valence-corrected chi connectivity index (χ2v) is 3.25. The molecule has 0 unspecified atom stereocenters. The van der Waals surface area contributed by atoms with Crippen LogP contribution in [0.2, 0.25) is 0 Å². The lowest BCUT2D eigenvalue weighted by Crippen LogP contribution is -1.89. The topological polar surface area (TPSA) is 83.8 Å². The molecule has 1 aromatic carbocycles. The van der Waals surface area contributed by atoms with Crippen LogP contribution in [0.1, 0.15) is 5.82 Å². The van der Waals surface area contributed by atoms with Crippen molar-refractivity contribution in [1.29, 1.82) is 0 Å². The van der Waals surface area contributed by atoms with Crippen LogP contribution in [-0.2, 0) is 0 Å². The van der Waals surface area contributed by atoms with Crippen LogP contribution in [0.3, 0.4) is 0 Å². The number of hydrogen-bond acceptors (Lipinski definition) is 4. The molecule has 1 heterocycles. The maximum absolute atomic E-state index is 10.6. The SMILES string of the molecule is CNC.Cc1nc2c([N+](=O)[O-])cccc2[nH]1. The van der Waals surface area contributed by atoms with Crippen molar-refractivity contribution >= 4 is 16.7 Å². The standard InChI is InChI=1S/C8H7N3O2.C2H7N/c1-5-9-6-3-2-4-7(11(12)13)8(6)10-5;1-3-2/h2-4H,1H3,(H,9,10);3H,1-2H3. The molecule has 0 radical (unpaired) electrons. The maximum atomic E-state index is 10.6. The fourth-order valence-corrected chi connectivity index (χ4v) is 1.29. The van der Waals surface area contributed by atoms with Gasteiger partial charge in [-0.15, -0.1) is 0 Å². The van der Waals surface area contributed by atoms with Gasteiger partial charge in [0.15, 0.2) is 5.52 Å². The summed E-state index contributed by atoms with van der Waals surface area (Å²) in [5.74, 6) is 0.685. The zero-order valence-electron chi connectivity index (χ0n) is 9.44. The number of benzene rings is 1. The van der Waals surface area contributed by atoms with E-state index in [2.05, 4.69) is 15.3 Å². The van der Waals surface area contributed by atoms with Crippen molar-refractivity contribution in [3.63, 3.8) is 0 Å². The number of non-ortho nitro benzene ring substituents is 1. The summed E-state index contributed by atoms with van der Waals surface area (Å²) in [6.07, 6.45) is 0. The average molecular weight is 222 g/mol. The van der Waals surface area contributed by atoms with Crippen molar-refractivity contribution in [3.05, 3.63) is 34.1 Å². The summed E-state index contributed by atoms with van der Waals surface area (Å²) in [4.78, 5) is 17.1. The molecular formula is C10H14N4O2. The Morgan fingerprint density at radius 3 is 2.62 bits per heavy atom. The molecule has 6 heteroatoms. The minimum absolute atomic E-state index is 0.0434. The molecular weight excluding hydrogens is 208 g/mol. The van der Waals surface area contributed by atoms with Gasteiger partial charge in [-0.2, -0.15) is 0 Å². The third kappa shape index (κ3) is 2.54. The molecule has 0 aliphatic rings. The third-order valence-corrected chi connectivity index (χ3v) is 1.81. The fraction of sp³-hybridized carbons (Fsp3) is 0.300. The van der Waals surface area contributed by atoms with E-state index in [1.54, 1.807) is 19.1 Å². The van der Waals surface area contributed by atoms with Crippen LogP contribution in [0.5, 0.6) is 0 Å². The number of nitrogens with one attached hydrogen (secondary N) is 2. The van der Waals surface area contributed by atoms with Gasteiger partial charge >= 0.3 is 0 Å².